The Bertz CT molecular complexity index is 206. The second kappa shape index (κ2) is 13.8. The maximum Gasteiger partial charge on any atom is 0.305 e. The van der Waals surface area contributed by atoms with E-state index < -0.39 is 6.10 Å². The van der Waals surface area contributed by atoms with Gasteiger partial charge in [0, 0.05) is 6.42 Å². The fraction of sp³-hybridized carbons (Fsp3) is 0.933. The van der Waals surface area contributed by atoms with E-state index in [1.807, 2.05) is 0 Å². The first-order valence-electron chi connectivity index (χ1n) is 7.65. The molecule has 0 aliphatic heterocycles. The third kappa shape index (κ3) is 13.6. The van der Waals surface area contributed by atoms with Crippen molar-refractivity contribution < 1.29 is 19.7 Å². The third-order valence-corrected chi connectivity index (χ3v) is 3.13. The standard InChI is InChI=1S/C15H30O4/c1-2-3-4-5-6-7-8-9-10-11-15(18)19-13-14(17)12-16/h14,16-17H,2-13H2,1H3. The molecule has 1 atom stereocenters. The van der Waals surface area contributed by atoms with Crippen molar-refractivity contribution in [2.45, 2.75) is 77.2 Å². The minimum Gasteiger partial charge on any atom is -0.463 e. The number of esters is 1. The first kappa shape index (κ1) is 18.4. The lowest BCUT2D eigenvalue weighted by Crippen LogP contribution is -2.21. The summed E-state index contributed by atoms with van der Waals surface area (Å²) in [5.74, 6) is -0.282. The van der Waals surface area contributed by atoms with E-state index in [4.69, 9.17) is 14.9 Å². The highest BCUT2D eigenvalue weighted by Gasteiger charge is 2.07. The molecule has 1 unspecified atom stereocenters. The second-order valence-corrected chi connectivity index (χ2v) is 5.10. The van der Waals surface area contributed by atoms with Crippen LogP contribution in [0.3, 0.4) is 0 Å². The number of carbonyl (C=O) groups excluding carboxylic acids is 1. The Morgan fingerprint density at radius 2 is 1.53 bits per heavy atom. The van der Waals surface area contributed by atoms with E-state index in [0.717, 1.165) is 12.8 Å². The van der Waals surface area contributed by atoms with Crippen molar-refractivity contribution in [3.63, 3.8) is 0 Å². The molecule has 0 aromatic rings. The van der Waals surface area contributed by atoms with Gasteiger partial charge in [0.05, 0.1) is 6.61 Å². The van der Waals surface area contributed by atoms with E-state index in [-0.39, 0.29) is 19.2 Å². The zero-order valence-electron chi connectivity index (χ0n) is 12.3. The Morgan fingerprint density at radius 1 is 1.00 bits per heavy atom. The van der Waals surface area contributed by atoms with Crippen molar-refractivity contribution in [1.29, 1.82) is 0 Å². The summed E-state index contributed by atoms with van der Waals surface area (Å²) in [5, 5.41) is 17.6. The third-order valence-electron chi connectivity index (χ3n) is 3.13. The van der Waals surface area contributed by atoms with Gasteiger partial charge < -0.3 is 14.9 Å². The Morgan fingerprint density at radius 3 is 2.05 bits per heavy atom. The molecule has 4 nitrogen and oxygen atoms in total. The summed E-state index contributed by atoms with van der Waals surface area (Å²) in [4.78, 5) is 11.3. The van der Waals surface area contributed by atoms with E-state index in [9.17, 15) is 4.79 Å². The second-order valence-electron chi connectivity index (χ2n) is 5.10. The monoisotopic (exact) mass is 274 g/mol. The molecule has 0 radical (unpaired) electrons. The maximum atomic E-state index is 11.3. The first-order chi connectivity index (χ1) is 9.20. The van der Waals surface area contributed by atoms with Crippen LogP contribution in [0.4, 0.5) is 0 Å². The molecule has 19 heavy (non-hydrogen) atoms. The molecule has 0 aromatic carbocycles. The number of aliphatic hydroxyl groups excluding tert-OH is 2. The Balaban J connectivity index is 3.18. The largest absolute Gasteiger partial charge is 0.463 e. The number of aliphatic hydroxyl groups is 2. The molecule has 0 saturated heterocycles. The predicted molar refractivity (Wildman–Crippen MR) is 75.9 cm³/mol. The van der Waals surface area contributed by atoms with Gasteiger partial charge in [0.1, 0.15) is 12.7 Å². The van der Waals surface area contributed by atoms with Crippen molar-refractivity contribution >= 4 is 5.97 Å². The molecule has 0 spiro atoms. The van der Waals surface area contributed by atoms with Gasteiger partial charge in [-0.3, -0.25) is 4.79 Å². The van der Waals surface area contributed by atoms with E-state index in [2.05, 4.69) is 6.92 Å². The van der Waals surface area contributed by atoms with Crippen molar-refractivity contribution in [2.24, 2.45) is 0 Å². The normalized spacial score (nSPS) is 12.4. The van der Waals surface area contributed by atoms with Gasteiger partial charge in [-0.2, -0.15) is 0 Å². The molecule has 0 heterocycles. The number of unbranched alkanes of at least 4 members (excludes halogenated alkanes) is 8. The molecule has 114 valence electrons. The van der Waals surface area contributed by atoms with Crippen LogP contribution in [0.1, 0.15) is 71.1 Å². The van der Waals surface area contributed by atoms with Crippen molar-refractivity contribution in [3.05, 3.63) is 0 Å². The number of ether oxygens (including phenoxy) is 1. The molecule has 0 aromatic heterocycles. The predicted octanol–water partition coefficient (Wildman–Crippen LogP) is 2.80. The van der Waals surface area contributed by atoms with E-state index in [1.54, 1.807) is 0 Å². The minimum atomic E-state index is -0.952. The summed E-state index contributed by atoms with van der Waals surface area (Å²) in [6.45, 7) is 1.75. The van der Waals surface area contributed by atoms with Crippen LogP contribution in [0.2, 0.25) is 0 Å². The molecule has 0 amide bonds. The van der Waals surface area contributed by atoms with Crippen molar-refractivity contribution in [1.82, 2.24) is 0 Å². The van der Waals surface area contributed by atoms with Gasteiger partial charge in [0.25, 0.3) is 0 Å². The quantitative estimate of drug-likeness (QED) is 0.400. The van der Waals surface area contributed by atoms with Crippen molar-refractivity contribution in [3.8, 4) is 0 Å². The number of hydrogen-bond donors (Lipinski definition) is 2. The average molecular weight is 274 g/mol. The van der Waals surface area contributed by atoms with Crippen LogP contribution in [0, 0.1) is 0 Å². The zero-order chi connectivity index (χ0) is 14.3. The zero-order valence-corrected chi connectivity index (χ0v) is 12.3. The lowest BCUT2D eigenvalue weighted by Gasteiger charge is -2.08. The van der Waals surface area contributed by atoms with Crippen LogP contribution in [0.15, 0.2) is 0 Å². The van der Waals surface area contributed by atoms with Crippen LogP contribution < -0.4 is 0 Å². The van der Waals surface area contributed by atoms with E-state index in [0.29, 0.717) is 6.42 Å². The average Bonchev–Trinajstić information content (AvgIpc) is 2.42. The Kier molecular flexibility index (Phi) is 13.4. The molecule has 0 bridgehead atoms. The summed E-state index contributed by atoms with van der Waals surface area (Å²) >= 11 is 0. The highest BCUT2D eigenvalue weighted by molar-refractivity contribution is 5.69. The van der Waals surface area contributed by atoms with E-state index in [1.165, 1.54) is 44.9 Å². The summed E-state index contributed by atoms with van der Waals surface area (Å²) in [5.41, 5.74) is 0. The van der Waals surface area contributed by atoms with Gasteiger partial charge >= 0.3 is 5.97 Å². The highest BCUT2D eigenvalue weighted by Crippen LogP contribution is 2.10. The lowest BCUT2D eigenvalue weighted by molar-refractivity contribution is -0.147. The number of rotatable bonds is 13. The lowest BCUT2D eigenvalue weighted by atomic mass is 10.1. The van der Waals surface area contributed by atoms with Gasteiger partial charge in [-0.15, -0.1) is 0 Å². The molecule has 0 saturated carbocycles. The molecule has 4 heteroatoms. The number of hydrogen-bond acceptors (Lipinski definition) is 4. The van der Waals surface area contributed by atoms with Gasteiger partial charge in [-0.25, -0.2) is 0 Å². The maximum absolute atomic E-state index is 11.3. The van der Waals surface area contributed by atoms with E-state index >= 15 is 0 Å². The fourth-order valence-corrected chi connectivity index (χ4v) is 1.89. The summed E-state index contributed by atoms with van der Waals surface area (Å²) in [6.07, 6.45) is 10.4. The summed E-state index contributed by atoms with van der Waals surface area (Å²) in [6, 6.07) is 0. The fourth-order valence-electron chi connectivity index (χ4n) is 1.89. The Labute approximate surface area is 117 Å². The SMILES string of the molecule is CCCCCCCCCCCC(=O)OCC(O)CO. The molecule has 0 rings (SSSR count). The van der Waals surface area contributed by atoms with Gasteiger partial charge in [-0.1, -0.05) is 58.3 Å². The summed E-state index contributed by atoms with van der Waals surface area (Å²) in [7, 11) is 0. The molecule has 0 aliphatic rings. The van der Waals surface area contributed by atoms with Gasteiger partial charge in [0.2, 0.25) is 0 Å². The molecule has 2 N–H and O–H groups in total. The van der Waals surface area contributed by atoms with Crippen molar-refractivity contribution in [2.75, 3.05) is 13.2 Å². The highest BCUT2D eigenvalue weighted by atomic mass is 16.5. The van der Waals surface area contributed by atoms with Gasteiger partial charge in [0.15, 0.2) is 0 Å². The number of carbonyl (C=O) groups is 1. The van der Waals surface area contributed by atoms with Crippen LogP contribution in [0.5, 0.6) is 0 Å². The van der Waals surface area contributed by atoms with Crippen LogP contribution in [0.25, 0.3) is 0 Å². The topological polar surface area (TPSA) is 66.8 Å². The molecule has 0 aliphatic carbocycles. The molecular weight excluding hydrogens is 244 g/mol. The van der Waals surface area contributed by atoms with Gasteiger partial charge in [-0.05, 0) is 6.42 Å². The van der Waals surface area contributed by atoms with Crippen LogP contribution in [-0.4, -0.2) is 35.5 Å². The minimum absolute atomic E-state index is 0.104. The summed E-state index contributed by atoms with van der Waals surface area (Å²) < 4.78 is 4.82. The Hall–Kier alpha value is -0.610. The smallest absolute Gasteiger partial charge is 0.305 e. The first-order valence-corrected chi connectivity index (χ1v) is 7.65. The molecule has 0 fully saturated rings. The molecular formula is C15H30O4. The van der Waals surface area contributed by atoms with Crippen LogP contribution >= 0.6 is 0 Å². The van der Waals surface area contributed by atoms with Crippen LogP contribution in [-0.2, 0) is 9.53 Å².